The summed E-state index contributed by atoms with van der Waals surface area (Å²) in [6.07, 6.45) is 6.25. The van der Waals surface area contributed by atoms with Crippen LogP contribution in [0.2, 0.25) is 0 Å². The Balaban J connectivity index is 1.77. The number of thiocarbonyl (C=S) groups is 1. The first-order valence-electron chi connectivity index (χ1n) is 6.55. The van der Waals surface area contributed by atoms with Crippen LogP contribution >= 0.6 is 24.0 Å². The highest BCUT2D eigenvalue weighted by atomic mass is 32.2. The van der Waals surface area contributed by atoms with Crippen molar-refractivity contribution < 1.29 is 9.59 Å². The smallest absolute Gasteiger partial charge is 0.267 e. The van der Waals surface area contributed by atoms with Crippen LogP contribution in [0.15, 0.2) is 53.8 Å². The second-order valence-corrected chi connectivity index (χ2v) is 6.13. The number of nitrogens with zero attached hydrogens (tertiary/aromatic N) is 3. The van der Waals surface area contributed by atoms with Crippen molar-refractivity contribution in [2.45, 2.75) is 0 Å². The number of aromatic nitrogens is 2. The number of hydrogen-bond acceptors (Lipinski definition) is 6. The number of nitrogens with one attached hydrogen (secondary N) is 1. The summed E-state index contributed by atoms with van der Waals surface area (Å²) in [6.45, 7) is 0. The molecule has 6 nitrogen and oxygen atoms in total. The molecule has 0 unspecified atom stereocenters. The highest BCUT2D eigenvalue weighted by molar-refractivity contribution is 8.26. The third-order valence-corrected chi connectivity index (χ3v) is 4.20. The van der Waals surface area contributed by atoms with Gasteiger partial charge in [-0.15, -0.1) is 0 Å². The number of carbonyl (C=O) groups excluding carboxylic acids is 2. The van der Waals surface area contributed by atoms with Crippen LogP contribution in [0.3, 0.4) is 0 Å². The zero-order valence-electron chi connectivity index (χ0n) is 11.7. The maximum absolute atomic E-state index is 12.4. The molecule has 1 fully saturated rings. The molecule has 0 saturated carbocycles. The van der Waals surface area contributed by atoms with Gasteiger partial charge < -0.3 is 0 Å². The highest BCUT2D eigenvalue weighted by Gasteiger charge is 2.33. The summed E-state index contributed by atoms with van der Waals surface area (Å²) < 4.78 is 0.259. The van der Waals surface area contributed by atoms with E-state index in [1.54, 1.807) is 42.7 Å². The molecule has 114 valence electrons. The van der Waals surface area contributed by atoms with Gasteiger partial charge in [0.15, 0.2) is 4.32 Å². The lowest BCUT2D eigenvalue weighted by Gasteiger charge is -2.15. The molecule has 0 aromatic carbocycles. The minimum absolute atomic E-state index is 0.259. The molecule has 0 radical (unpaired) electrons. The van der Waals surface area contributed by atoms with Gasteiger partial charge in [-0.1, -0.05) is 17.8 Å². The molecule has 3 rings (SSSR count). The highest BCUT2D eigenvalue weighted by Crippen LogP contribution is 2.31. The third-order valence-electron chi connectivity index (χ3n) is 2.90. The molecule has 1 saturated heterocycles. The summed E-state index contributed by atoms with van der Waals surface area (Å²) in [5.41, 5.74) is 3.48. The number of hydrazine groups is 1. The first-order valence-corrected chi connectivity index (χ1v) is 7.77. The predicted octanol–water partition coefficient (Wildman–Crippen LogP) is 2.02. The molecule has 2 aromatic heterocycles. The van der Waals surface area contributed by atoms with E-state index in [-0.39, 0.29) is 10.2 Å². The van der Waals surface area contributed by atoms with Gasteiger partial charge in [0.25, 0.3) is 11.8 Å². The van der Waals surface area contributed by atoms with Gasteiger partial charge in [-0.3, -0.25) is 25.0 Å². The molecule has 0 bridgehead atoms. The summed E-state index contributed by atoms with van der Waals surface area (Å²) in [4.78, 5) is 32.9. The molecular weight excluding hydrogens is 332 g/mol. The second-order valence-electron chi connectivity index (χ2n) is 4.45. The number of amides is 2. The summed E-state index contributed by atoms with van der Waals surface area (Å²) in [5, 5.41) is 1.06. The lowest BCUT2D eigenvalue weighted by atomic mass is 10.3. The normalized spacial score (nSPS) is 16.0. The van der Waals surface area contributed by atoms with E-state index >= 15 is 0 Å². The van der Waals surface area contributed by atoms with Gasteiger partial charge in [-0.05, 0) is 42.6 Å². The molecule has 2 amide bonds. The van der Waals surface area contributed by atoms with Crippen LogP contribution in [0.4, 0.5) is 0 Å². The van der Waals surface area contributed by atoms with Crippen LogP contribution in [-0.2, 0) is 4.79 Å². The molecule has 1 N–H and O–H groups in total. The van der Waals surface area contributed by atoms with Gasteiger partial charge >= 0.3 is 0 Å². The number of thioether (sulfide) groups is 1. The lowest BCUT2D eigenvalue weighted by molar-refractivity contribution is -0.123. The third kappa shape index (κ3) is 3.43. The fourth-order valence-corrected chi connectivity index (χ4v) is 2.99. The number of hydrogen-bond donors (Lipinski definition) is 1. The van der Waals surface area contributed by atoms with Gasteiger partial charge in [0.2, 0.25) is 0 Å². The molecular formula is C15H10N4O2S2. The average Bonchev–Trinajstić information content (AvgIpc) is 2.84. The SMILES string of the molecule is O=C(NN1C(=O)C(=Cc2ccccn2)SC1=S)c1cccnc1. The summed E-state index contributed by atoms with van der Waals surface area (Å²) >= 11 is 6.27. The molecule has 8 heteroatoms. The van der Waals surface area contributed by atoms with E-state index in [1.165, 1.54) is 6.20 Å². The molecule has 0 atom stereocenters. The topological polar surface area (TPSA) is 75.2 Å². The van der Waals surface area contributed by atoms with Crippen molar-refractivity contribution in [2.24, 2.45) is 0 Å². The molecule has 3 heterocycles. The average molecular weight is 342 g/mol. The van der Waals surface area contributed by atoms with Crippen molar-refractivity contribution in [2.75, 3.05) is 0 Å². The zero-order valence-corrected chi connectivity index (χ0v) is 13.3. The van der Waals surface area contributed by atoms with Crippen LogP contribution in [-0.4, -0.2) is 31.1 Å². The Morgan fingerprint density at radius 2 is 2.13 bits per heavy atom. The number of pyridine rings is 2. The molecule has 1 aliphatic rings. The van der Waals surface area contributed by atoms with Crippen molar-refractivity contribution in [1.29, 1.82) is 0 Å². The summed E-state index contributed by atoms with van der Waals surface area (Å²) in [6, 6.07) is 8.63. The van der Waals surface area contributed by atoms with Crippen LogP contribution in [0.1, 0.15) is 16.1 Å². The summed E-state index contributed by atoms with van der Waals surface area (Å²) in [7, 11) is 0. The zero-order chi connectivity index (χ0) is 16.2. The minimum atomic E-state index is -0.450. The van der Waals surface area contributed by atoms with Crippen LogP contribution in [0.25, 0.3) is 6.08 Å². The van der Waals surface area contributed by atoms with E-state index in [0.717, 1.165) is 16.8 Å². The fourth-order valence-electron chi connectivity index (χ4n) is 1.82. The monoisotopic (exact) mass is 342 g/mol. The minimum Gasteiger partial charge on any atom is -0.267 e. The van der Waals surface area contributed by atoms with Crippen molar-refractivity contribution in [3.8, 4) is 0 Å². The Labute approximate surface area is 141 Å². The molecule has 0 aliphatic carbocycles. The predicted molar refractivity (Wildman–Crippen MR) is 91.0 cm³/mol. The van der Waals surface area contributed by atoms with Gasteiger partial charge in [0.1, 0.15) is 0 Å². The van der Waals surface area contributed by atoms with E-state index in [4.69, 9.17) is 12.2 Å². The van der Waals surface area contributed by atoms with Crippen molar-refractivity contribution >= 4 is 46.2 Å². The molecule has 23 heavy (non-hydrogen) atoms. The quantitative estimate of drug-likeness (QED) is 0.679. The van der Waals surface area contributed by atoms with E-state index in [9.17, 15) is 9.59 Å². The lowest BCUT2D eigenvalue weighted by Crippen LogP contribution is -2.44. The maximum Gasteiger partial charge on any atom is 0.285 e. The Morgan fingerprint density at radius 1 is 1.26 bits per heavy atom. The Morgan fingerprint density at radius 3 is 2.83 bits per heavy atom. The second kappa shape index (κ2) is 6.67. The molecule has 0 spiro atoms. The van der Waals surface area contributed by atoms with Crippen molar-refractivity contribution in [3.05, 3.63) is 65.1 Å². The molecule has 2 aromatic rings. The largest absolute Gasteiger partial charge is 0.285 e. The van der Waals surface area contributed by atoms with Gasteiger partial charge in [0, 0.05) is 18.6 Å². The Bertz CT molecular complexity index is 794. The van der Waals surface area contributed by atoms with Crippen LogP contribution < -0.4 is 5.43 Å². The first kappa shape index (κ1) is 15.3. The van der Waals surface area contributed by atoms with Gasteiger partial charge in [-0.2, -0.15) is 5.01 Å². The Kier molecular flexibility index (Phi) is 4.45. The van der Waals surface area contributed by atoms with E-state index in [2.05, 4.69) is 15.4 Å². The standard InChI is InChI=1S/C15H10N4O2S2/c20-13(10-4-3-6-16-9-10)18-19-14(21)12(23-15(19)22)8-11-5-1-2-7-17-11/h1-9H,(H,18,20). The van der Waals surface area contributed by atoms with Crippen LogP contribution in [0.5, 0.6) is 0 Å². The van der Waals surface area contributed by atoms with Crippen molar-refractivity contribution in [3.63, 3.8) is 0 Å². The molecule has 1 aliphatic heterocycles. The van der Waals surface area contributed by atoms with Gasteiger partial charge in [0.05, 0.1) is 16.2 Å². The van der Waals surface area contributed by atoms with E-state index in [0.29, 0.717) is 16.2 Å². The van der Waals surface area contributed by atoms with E-state index < -0.39 is 5.91 Å². The number of carbonyl (C=O) groups is 2. The first-order chi connectivity index (χ1) is 11.1. The summed E-state index contributed by atoms with van der Waals surface area (Å²) in [5.74, 6) is -0.837. The number of rotatable bonds is 3. The Hall–Kier alpha value is -2.58. The van der Waals surface area contributed by atoms with Gasteiger partial charge in [-0.25, -0.2) is 0 Å². The van der Waals surface area contributed by atoms with Crippen molar-refractivity contribution in [1.82, 2.24) is 20.4 Å². The van der Waals surface area contributed by atoms with E-state index in [1.807, 2.05) is 6.07 Å². The van der Waals surface area contributed by atoms with Crippen LogP contribution in [0, 0.1) is 0 Å². The maximum atomic E-state index is 12.4. The fraction of sp³-hybridized carbons (Fsp3) is 0.